The lowest BCUT2D eigenvalue weighted by molar-refractivity contribution is 0.660. The van der Waals surface area contributed by atoms with E-state index in [1.165, 1.54) is 75.7 Å². The number of para-hydroxylation sites is 1. The first-order chi connectivity index (χ1) is 29.0. The van der Waals surface area contributed by atoms with Crippen molar-refractivity contribution in [3.05, 3.63) is 193 Å². The molecule has 0 unspecified atom stereocenters. The molecule has 3 heterocycles. The third-order valence-corrected chi connectivity index (χ3v) is 13.4. The molecule has 11 aromatic rings. The van der Waals surface area contributed by atoms with Crippen LogP contribution in [0.3, 0.4) is 0 Å². The maximum atomic E-state index is 5.13. The fourth-order valence-electron chi connectivity index (χ4n) is 9.46. The van der Waals surface area contributed by atoms with Gasteiger partial charge in [0.05, 0.1) is 16.7 Å². The molecule has 59 heavy (non-hydrogen) atoms. The second kappa shape index (κ2) is 12.9. The molecule has 0 saturated carbocycles. The molecule has 0 saturated heterocycles. The van der Waals surface area contributed by atoms with E-state index in [9.17, 15) is 0 Å². The number of hydrogen-bond donors (Lipinski definition) is 0. The lowest BCUT2D eigenvalue weighted by Crippen LogP contribution is -2.14. The molecule has 0 atom stereocenters. The highest BCUT2D eigenvalue weighted by atomic mass is 32.1. The fourth-order valence-corrected chi connectivity index (χ4v) is 10.6. The van der Waals surface area contributed by atoms with Crippen molar-refractivity contribution >= 4 is 53.3 Å². The Labute approximate surface area is 345 Å². The Hall–Kier alpha value is -7.21. The summed E-state index contributed by atoms with van der Waals surface area (Å²) in [6.45, 7) is 4.70. The van der Waals surface area contributed by atoms with Crippen LogP contribution in [0.5, 0.6) is 0 Å². The largest absolute Gasteiger partial charge is 0.309 e. The zero-order chi connectivity index (χ0) is 39.2. The summed E-state index contributed by atoms with van der Waals surface area (Å²) >= 11 is 1.81. The van der Waals surface area contributed by atoms with Crippen LogP contribution in [0, 0.1) is 0 Å². The summed E-state index contributed by atoms with van der Waals surface area (Å²) in [5.74, 6) is 1.99. The van der Waals surface area contributed by atoms with Gasteiger partial charge >= 0.3 is 0 Å². The summed E-state index contributed by atoms with van der Waals surface area (Å²) in [6, 6.07) is 65.3. The summed E-state index contributed by atoms with van der Waals surface area (Å²) in [5, 5.41) is 4.85. The van der Waals surface area contributed by atoms with Crippen LogP contribution in [-0.4, -0.2) is 19.5 Å². The van der Waals surface area contributed by atoms with Crippen molar-refractivity contribution in [1.29, 1.82) is 0 Å². The molecular formula is C54H36N4S. The Balaban J connectivity index is 1.03. The molecule has 278 valence electrons. The lowest BCUT2D eigenvalue weighted by atomic mass is 9.82. The molecular weight excluding hydrogens is 737 g/mol. The van der Waals surface area contributed by atoms with Crippen molar-refractivity contribution in [2.45, 2.75) is 19.3 Å². The van der Waals surface area contributed by atoms with Gasteiger partial charge in [0.1, 0.15) is 0 Å². The molecule has 0 fully saturated rings. The predicted octanol–water partition coefficient (Wildman–Crippen LogP) is 14.3. The Morgan fingerprint density at radius 1 is 0.424 bits per heavy atom. The third kappa shape index (κ3) is 5.18. The van der Waals surface area contributed by atoms with E-state index in [1.54, 1.807) is 0 Å². The monoisotopic (exact) mass is 772 g/mol. The number of rotatable bonds is 5. The molecule has 0 aliphatic heterocycles. The van der Waals surface area contributed by atoms with Gasteiger partial charge in [0.25, 0.3) is 0 Å². The maximum Gasteiger partial charge on any atom is 0.164 e. The standard InChI is InChI=1S/C54H36N4S/c1-54(2)42-22-11-9-20-38(42)50-43(54)23-14-25-46(50)58-44-24-12-10-19-37(44)40-31-35(27-29-45(40)58)36-28-30-47-41(32-36)49-39(21-13-26-48(49)59-47)53-56-51(33-15-5-3-6-16-33)55-52(57-53)34-17-7-4-8-18-34/h3-32H,1-2H3. The zero-order valence-corrected chi connectivity index (χ0v) is 33.3. The quantitative estimate of drug-likeness (QED) is 0.175. The van der Waals surface area contributed by atoms with Crippen LogP contribution in [0.4, 0.5) is 0 Å². The molecule has 8 aromatic carbocycles. The molecule has 0 amide bonds. The van der Waals surface area contributed by atoms with Crippen LogP contribution in [0.25, 0.3) is 104 Å². The highest BCUT2D eigenvalue weighted by Crippen LogP contribution is 2.52. The number of fused-ring (bicyclic) bond motifs is 9. The van der Waals surface area contributed by atoms with Crippen LogP contribution in [0.15, 0.2) is 182 Å². The van der Waals surface area contributed by atoms with Gasteiger partial charge in [-0.2, -0.15) is 0 Å². The van der Waals surface area contributed by atoms with Gasteiger partial charge in [-0.15, -0.1) is 11.3 Å². The van der Waals surface area contributed by atoms with Crippen LogP contribution in [0.1, 0.15) is 25.0 Å². The first-order valence-electron chi connectivity index (χ1n) is 20.1. The van der Waals surface area contributed by atoms with E-state index in [2.05, 4.69) is 164 Å². The molecule has 1 aliphatic carbocycles. The van der Waals surface area contributed by atoms with E-state index in [0.717, 1.165) is 22.1 Å². The molecule has 1 aliphatic rings. The second-order valence-electron chi connectivity index (χ2n) is 16.0. The van der Waals surface area contributed by atoms with Crippen molar-refractivity contribution < 1.29 is 0 Å². The minimum atomic E-state index is -0.0733. The van der Waals surface area contributed by atoms with E-state index in [0.29, 0.717) is 17.5 Å². The number of hydrogen-bond acceptors (Lipinski definition) is 4. The van der Waals surface area contributed by atoms with Gasteiger partial charge in [-0.25, -0.2) is 15.0 Å². The first kappa shape index (κ1) is 33.9. The average Bonchev–Trinajstić information content (AvgIpc) is 3.92. The van der Waals surface area contributed by atoms with Gasteiger partial charge < -0.3 is 4.57 Å². The summed E-state index contributed by atoms with van der Waals surface area (Å²) in [7, 11) is 0. The minimum Gasteiger partial charge on any atom is -0.309 e. The van der Waals surface area contributed by atoms with Crippen molar-refractivity contribution in [3.63, 3.8) is 0 Å². The van der Waals surface area contributed by atoms with Gasteiger partial charge in [-0.05, 0) is 70.3 Å². The van der Waals surface area contributed by atoms with Gasteiger partial charge in [-0.3, -0.25) is 0 Å². The third-order valence-electron chi connectivity index (χ3n) is 12.3. The van der Waals surface area contributed by atoms with Crippen LogP contribution in [-0.2, 0) is 5.41 Å². The van der Waals surface area contributed by atoms with Crippen LogP contribution in [0.2, 0.25) is 0 Å². The Morgan fingerprint density at radius 2 is 1.02 bits per heavy atom. The summed E-state index contributed by atoms with van der Waals surface area (Å²) < 4.78 is 4.92. The topological polar surface area (TPSA) is 43.6 Å². The number of benzene rings is 8. The molecule has 0 radical (unpaired) electrons. The normalized spacial score (nSPS) is 13.1. The number of aromatic nitrogens is 4. The molecule has 0 bridgehead atoms. The zero-order valence-electron chi connectivity index (χ0n) is 32.5. The van der Waals surface area contributed by atoms with Gasteiger partial charge in [-0.1, -0.05) is 153 Å². The van der Waals surface area contributed by atoms with E-state index in [1.807, 2.05) is 47.7 Å². The number of thiophene rings is 1. The predicted molar refractivity (Wildman–Crippen MR) is 246 cm³/mol. The van der Waals surface area contributed by atoms with Crippen LogP contribution >= 0.6 is 11.3 Å². The molecule has 0 N–H and O–H groups in total. The molecule has 5 heteroatoms. The van der Waals surface area contributed by atoms with Crippen molar-refractivity contribution in [2.75, 3.05) is 0 Å². The number of nitrogens with zero attached hydrogens (tertiary/aromatic N) is 4. The van der Waals surface area contributed by atoms with E-state index in [4.69, 9.17) is 15.0 Å². The summed E-state index contributed by atoms with van der Waals surface area (Å²) in [5.41, 5.74) is 14.2. The van der Waals surface area contributed by atoms with E-state index < -0.39 is 0 Å². The lowest BCUT2D eigenvalue weighted by Gasteiger charge is -2.21. The highest BCUT2D eigenvalue weighted by molar-refractivity contribution is 7.26. The maximum absolute atomic E-state index is 5.13. The smallest absolute Gasteiger partial charge is 0.164 e. The first-order valence-corrected chi connectivity index (χ1v) is 20.9. The minimum absolute atomic E-state index is 0.0733. The average molecular weight is 773 g/mol. The molecule has 4 nitrogen and oxygen atoms in total. The van der Waals surface area contributed by atoms with E-state index >= 15 is 0 Å². The van der Waals surface area contributed by atoms with Gasteiger partial charge in [0.2, 0.25) is 0 Å². The van der Waals surface area contributed by atoms with Crippen LogP contribution < -0.4 is 0 Å². The molecule has 0 spiro atoms. The van der Waals surface area contributed by atoms with Gasteiger partial charge in [0.15, 0.2) is 17.5 Å². The summed E-state index contributed by atoms with van der Waals surface area (Å²) in [4.78, 5) is 15.2. The summed E-state index contributed by atoms with van der Waals surface area (Å²) in [6.07, 6.45) is 0. The Bertz CT molecular complexity index is 3410. The van der Waals surface area contributed by atoms with Crippen molar-refractivity contribution in [3.8, 4) is 62.1 Å². The van der Waals surface area contributed by atoms with Crippen molar-refractivity contribution in [1.82, 2.24) is 19.5 Å². The van der Waals surface area contributed by atoms with Gasteiger partial charge in [0, 0.05) is 58.6 Å². The Morgan fingerprint density at radius 3 is 1.80 bits per heavy atom. The van der Waals surface area contributed by atoms with Crippen molar-refractivity contribution in [2.24, 2.45) is 0 Å². The molecule has 12 rings (SSSR count). The Kier molecular flexibility index (Phi) is 7.41. The SMILES string of the molecule is CC1(C)c2ccccc2-c2c(-n3c4ccccc4c4cc(-c5ccc6sc7cccc(-c8nc(-c9ccccc9)nc(-c9ccccc9)n8)c7c6c5)ccc43)cccc21. The molecule has 3 aromatic heterocycles. The highest BCUT2D eigenvalue weighted by Gasteiger charge is 2.37. The van der Waals surface area contributed by atoms with E-state index in [-0.39, 0.29) is 5.41 Å². The fraction of sp³-hybridized carbons (Fsp3) is 0.0556. The second-order valence-corrected chi connectivity index (χ2v) is 17.1.